The lowest BCUT2D eigenvalue weighted by Crippen LogP contribution is -2.36. The standard InChI is InChI=1S/C17H17ClN2O/c1-11-4-6-13(18)9-15(11)17(21)20-8-2-3-12-5-7-14(19)10-16(12)20/h4-7,9-10H,2-3,8,19H2,1H3. The van der Waals surface area contributed by atoms with Crippen LogP contribution in [0, 0.1) is 6.92 Å². The molecule has 3 nitrogen and oxygen atoms in total. The maximum Gasteiger partial charge on any atom is 0.258 e. The van der Waals surface area contributed by atoms with Crippen molar-refractivity contribution in [2.45, 2.75) is 19.8 Å². The van der Waals surface area contributed by atoms with Crippen molar-refractivity contribution in [2.75, 3.05) is 17.2 Å². The number of carbonyl (C=O) groups excluding carboxylic acids is 1. The molecule has 0 aromatic heterocycles. The number of nitrogen functional groups attached to an aromatic ring is 1. The molecule has 0 aliphatic carbocycles. The molecule has 0 radical (unpaired) electrons. The van der Waals surface area contributed by atoms with Gasteiger partial charge < -0.3 is 10.6 Å². The van der Waals surface area contributed by atoms with Gasteiger partial charge in [0.2, 0.25) is 0 Å². The largest absolute Gasteiger partial charge is 0.399 e. The van der Waals surface area contributed by atoms with Gasteiger partial charge in [-0.25, -0.2) is 0 Å². The van der Waals surface area contributed by atoms with E-state index in [0.717, 1.165) is 24.1 Å². The first kappa shape index (κ1) is 14.0. The molecule has 0 unspecified atom stereocenters. The van der Waals surface area contributed by atoms with Crippen molar-refractivity contribution in [3.63, 3.8) is 0 Å². The maximum absolute atomic E-state index is 12.9. The Morgan fingerprint density at radius 2 is 2.05 bits per heavy atom. The van der Waals surface area contributed by atoms with Gasteiger partial charge in [-0.2, -0.15) is 0 Å². The summed E-state index contributed by atoms with van der Waals surface area (Å²) in [7, 11) is 0. The third kappa shape index (κ3) is 2.61. The molecule has 1 aliphatic heterocycles. The lowest BCUT2D eigenvalue weighted by molar-refractivity contribution is 0.0984. The minimum absolute atomic E-state index is 0.0125. The van der Waals surface area contributed by atoms with Crippen molar-refractivity contribution in [3.05, 3.63) is 58.1 Å². The second kappa shape index (κ2) is 5.41. The van der Waals surface area contributed by atoms with Crippen LogP contribution in [-0.2, 0) is 6.42 Å². The Bertz CT molecular complexity index is 712. The fourth-order valence-electron chi connectivity index (χ4n) is 2.77. The first-order chi connectivity index (χ1) is 10.1. The van der Waals surface area contributed by atoms with Crippen LogP contribution in [0.2, 0.25) is 5.02 Å². The van der Waals surface area contributed by atoms with Gasteiger partial charge in [0, 0.05) is 28.5 Å². The molecule has 4 heteroatoms. The molecule has 2 aromatic carbocycles. The van der Waals surface area contributed by atoms with E-state index in [9.17, 15) is 4.79 Å². The number of carbonyl (C=O) groups is 1. The molecular weight excluding hydrogens is 284 g/mol. The van der Waals surface area contributed by atoms with Crippen LogP contribution in [0.1, 0.15) is 27.9 Å². The zero-order chi connectivity index (χ0) is 15.0. The van der Waals surface area contributed by atoms with Crippen LogP contribution in [0.5, 0.6) is 0 Å². The van der Waals surface area contributed by atoms with E-state index in [4.69, 9.17) is 17.3 Å². The average molecular weight is 301 g/mol. The third-order valence-electron chi connectivity index (χ3n) is 3.90. The molecule has 21 heavy (non-hydrogen) atoms. The van der Waals surface area contributed by atoms with E-state index in [1.807, 2.05) is 36.1 Å². The minimum Gasteiger partial charge on any atom is -0.399 e. The van der Waals surface area contributed by atoms with Crippen LogP contribution < -0.4 is 10.6 Å². The van der Waals surface area contributed by atoms with E-state index < -0.39 is 0 Å². The van der Waals surface area contributed by atoms with E-state index in [-0.39, 0.29) is 5.91 Å². The van der Waals surface area contributed by atoms with Crippen LogP contribution in [0.4, 0.5) is 11.4 Å². The Kier molecular flexibility index (Phi) is 3.60. The van der Waals surface area contributed by atoms with Crippen molar-refractivity contribution >= 4 is 28.9 Å². The molecule has 2 N–H and O–H groups in total. The predicted molar refractivity (Wildman–Crippen MR) is 87.0 cm³/mol. The van der Waals surface area contributed by atoms with Gasteiger partial charge in [0.05, 0.1) is 0 Å². The van der Waals surface area contributed by atoms with E-state index in [1.165, 1.54) is 5.56 Å². The van der Waals surface area contributed by atoms with Crippen molar-refractivity contribution in [1.82, 2.24) is 0 Å². The lowest BCUT2D eigenvalue weighted by Gasteiger charge is -2.30. The summed E-state index contributed by atoms with van der Waals surface area (Å²) in [6, 6.07) is 11.2. The van der Waals surface area contributed by atoms with Gasteiger partial charge >= 0.3 is 0 Å². The molecule has 0 saturated heterocycles. The van der Waals surface area contributed by atoms with Gasteiger partial charge in [-0.15, -0.1) is 0 Å². The molecule has 3 rings (SSSR count). The Hall–Kier alpha value is -2.00. The number of amides is 1. The molecule has 0 fully saturated rings. The molecule has 1 aliphatic rings. The number of benzene rings is 2. The first-order valence-electron chi connectivity index (χ1n) is 7.02. The summed E-state index contributed by atoms with van der Waals surface area (Å²) in [6.45, 7) is 2.63. The molecule has 2 aromatic rings. The lowest BCUT2D eigenvalue weighted by atomic mass is 9.99. The summed E-state index contributed by atoms with van der Waals surface area (Å²) in [4.78, 5) is 14.7. The molecule has 0 atom stereocenters. The van der Waals surface area contributed by atoms with Crippen molar-refractivity contribution in [1.29, 1.82) is 0 Å². The first-order valence-corrected chi connectivity index (χ1v) is 7.40. The van der Waals surface area contributed by atoms with Crippen molar-refractivity contribution in [2.24, 2.45) is 0 Å². The van der Waals surface area contributed by atoms with Crippen LogP contribution in [0.15, 0.2) is 36.4 Å². The van der Waals surface area contributed by atoms with Crippen molar-refractivity contribution in [3.8, 4) is 0 Å². The summed E-state index contributed by atoms with van der Waals surface area (Å²) in [5.41, 5.74) is 10.2. The number of anilines is 2. The number of halogens is 1. The number of rotatable bonds is 1. The highest BCUT2D eigenvalue weighted by atomic mass is 35.5. The van der Waals surface area contributed by atoms with Gasteiger partial charge in [0.1, 0.15) is 0 Å². The van der Waals surface area contributed by atoms with Gasteiger partial charge in [-0.3, -0.25) is 4.79 Å². The number of aryl methyl sites for hydroxylation is 2. The molecule has 0 bridgehead atoms. The smallest absolute Gasteiger partial charge is 0.258 e. The van der Waals surface area contributed by atoms with Gasteiger partial charge in [-0.05, 0) is 55.2 Å². The number of hydrogen-bond donors (Lipinski definition) is 1. The Morgan fingerprint density at radius 1 is 1.24 bits per heavy atom. The summed E-state index contributed by atoms with van der Waals surface area (Å²) in [6.07, 6.45) is 1.94. The molecule has 1 amide bonds. The highest BCUT2D eigenvalue weighted by molar-refractivity contribution is 6.31. The Morgan fingerprint density at radius 3 is 2.86 bits per heavy atom. The Balaban J connectivity index is 2.04. The minimum atomic E-state index is -0.0125. The van der Waals surface area contributed by atoms with Crippen LogP contribution >= 0.6 is 11.6 Å². The van der Waals surface area contributed by atoms with E-state index in [1.54, 1.807) is 12.1 Å². The third-order valence-corrected chi connectivity index (χ3v) is 4.14. The number of nitrogens with two attached hydrogens (primary N) is 1. The molecule has 1 heterocycles. The van der Waals surface area contributed by atoms with Crippen LogP contribution in [0.25, 0.3) is 0 Å². The summed E-state index contributed by atoms with van der Waals surface area (Å²) >= 11 is 6.03. The average Bonchev–Trinajstić information content (AvgIpc) is 2.48. The molecule has 0 saturated carbocycles. The molecule has 0 spiro atoms. The second-order valence-electron chi connectivity index (χ2n) is 5.41. The quantitative estimate of drug-likeness (QED) is 0.814. The highest BCUT2D eigenvalue weighted by Gasteiger charge is 2.24. The van der Waals surface area contributed by atoms with Crippen LogP contribution in [0.3, 0.4) is 0 Å². The summed E-state index contributed by atoms with van der Waals surface area (Å²) in [5.74, 6) is -0.0125. The van der Waals surface area contributed by atoms with Gasteiger partial charge in [0.15, 0.2) is 0 Å². The predicted octanol–water partition coefficient (Wildman–Crippen LogP) is 3.82. The Labute approximate surface area is 129 Å². The topological polar surface area (TPSA) is 46.3 Å². The second-order valence-corrected chi connectivity index (χ2v) is 5.84. The fourth-order valence-corrected chi connectivity index (χ4v) is 2.94. The normalized spacial score (nSPS) is 13.9. The monoisotopic (exact) mass is 300 g/mol. The maximum atomic E-state index is 12.9. The summed E-state index contributed by atoms with van der Waals surface area (Å²) < 4.78 is 0. The van der Waals surface area contributed by atoms with E-state index >= 15 is 0 Å². The zero-order valence-corrected chi connectivity index (χ0v) is 12.7. The van der Waals surface area contributed by atoms with E-state index in [2.05, 4.69) is 0 Å². The SMILES string of the molecule is Cc1ccc(Cl)cc1C(=O)N1CCCc2ccc(N)cc21. The van der Waals surface area contributed by atoms with Gasteiger partial charge in [-0.1, -0.05) is 23.7 Å². The number of nitrogens with zero attached hydrogens (tertiary/aromatic N) is 1. The summed E-state index contributed by atoms with van der Waals surface area (Å²) in [5, 5.41) is 0.578. The highest BCUT2D eigenvalue weighted by Crippen LogP contribution is 2.31. The van der Waals surface area contributed by atoms with Gasteiger partial charge in [0.25, 0.3) is 5.91 Å². The molecular formula is C17H17ClN2O. The van der Waals surface area contributed by atoms with E-state index in [0.29, 0.717) is 22.8 Å². The molecule has 108 valence electrons. The van der Waals surface area contributed by atoms with Crippen molar-refractivity contribution < 1.29 is 4.79 Å². The number of fused-ring (bicyclic) bond motifs is 1. The fraction of sp³-hybridized carbons (Fsp3) is 0.235. The number of hydrogen-bond acceptors (Lipinski definition) is 2. The zero-order valence-electron chi connectivity index (χ0n) is 11.9. The van der Waals surface area contributed by atoms with Crippen LogP contribution in [-0.4, -0.2) is 12.5 Å².